The molecule has 1 saturated heterocycles. The molecule has 0 saturated carbocycles. The van der Waals surface area contributed by atoms with Crippen LogP contribution >= 0.6 is 7.81 Å². The molecule has 0 radical (unpaired) electrons. The average Bonchev–Trinajstić information content (AvgIpc) is 3.11. The first-order chi connectivity index (χ1) is 14.6. The molecular weight excluding hydrogens is 455 g/mol. The molecule has 0 amide bonds. The van der Waals surface area contributed by atoms with Crippen LogP contribution < -0.4 is 4.74 Å². The number of hydrogen-bond acceptors (Lipinski definition) is 2. The van der Waals surface area contributed by atoms with E-state index in [9.17, 15) is 30.0 Å². The summed E-state index contributed by atoms with van der Waals surface area (Å²) in [5, 5.41) is 0. The molecule has 0 N–H and O–H groups in total. The Bertz CT molecular complexity index is 912. The van der Waals surface area contributed by atoms with Crippen molar-refractivity contribution < 1.29 is 39.2 Å². The van der Waals surface area contributed by atoms with Gasteiger partial charge in [-0.2, -0.15) is 0 Å². The number of nitrogens with zero attached hydrogens (tertiary/aromatic N) is 1. The minimum atomic E-state index is -10.7. The van der Waals surface area contributed by atoms with Crippen molar-refractivity contribution in [3.63, 3.8) is 0 Å². The van der Waals surface area contributed by atoms with E-state index in [0.29, 0.717) is 5.56 Å². The molecule has 2 aromatic rings. The van der Waals surface area contributed by atoms with Gasteiger partial charge in [0.1, 0.15) is 18.9 Å². The molecule has 0 bridgehead atoms. The van der Waals surface area contributed by atoms with Gasteiger partial charge in [-0.05, 0) is 35.9 Å². The van der Waals surface area contributed by atoms with Gasteiger partial charge in [-0.25, -0.2) is 0 Å². The number of carbonyl (C=O) groups excluding carboxylic acids is 1. The molecular formula is C22H26F6NO2P. The average molecular weight is 481 g/mol. The van der Waals surface area contributed by atoms with Crippen molar-refractivity contribution in [3.8, 4) is 5.75 Å². The van der Waals surface area contributed by atoms with Gasteiger partial charge >= 0.3 is 33.0 Å². The van der Waals surface area contributed by atoms with Crippen molar-refractivity contribution in [2.45, 2.75) is 12.8 Å². The van der Waals surface area contributed by atoms with Crippen molar-refractivity contribution in [1.82, 2.24) is 0 Å². The number of carbonyl (C=O) groups is 1. The van der Waals surface area contributed by atoms with E-state index in [4.69, 9.17) is 4.74 Å². The fourth-order valence-corrected chi connectivity index (χ4v) is 3.25. The van der Waals surface area contributed by atoms with Crippen LogP contribution in [0.15, 0.2) is 60.7 Å². The summed E-state index contributed by atoms with van der Waals surface area (Å²) in [5.74, 6) is 0.833. The molecule has 0 unspecified atom stereocenters. The summed E-state index contributed by atoms with van der Waals surface area (Å²) in [6.07, 6.45) is 6.10. The third kappa shape index (κ3) is 11.9. The topological polar surface area (TPSA) is 26.3 Å². The van der Waals surface area contributed by atoms with Gasteiger partial charge < -0.3 is 9.22 Å². The number of benzene rings is 2. The minimum absolute atomic E-state index is 0.00513. The fourth-order valence-electron chi connectivity index (χ4n) is 3.25. The maximum atomic E-state index is 12.2. The number of rotatable bonds is 7. The Balaban J connectivity index is 0.000000451. The van der Waals surface area contributed by atoms with E-state index in [0.717, 1.165) is 28.9 Å². The summed E-state index contributed by atoms with van der Waals surface area (Å²) in [5.41, 5.74) is 1.70. The van der Waals surface area contributed by atoms with Crippen LogP contribution in [-0.4, -0.2) is 43.6 Å². The second kappa shape index (κ2) is 9.24. The van der Waals surface area contributed by atoms with Crippen LogP contribution in [0.25, 0.3) is 6.08 Å². The molecule has 1 heterocycles. The Morgan fingerprint density at radius 1 is 0.938 bits per heavy atom. The van der Waals surface area contributed by atoms with E-state index in [-0.39, 0.29) is 5.78 Å². The summed E-state index contributed by atoms with van der Waals surface area (Å²) in [7, 11) is -8.35. The second-order valence-corrected chi connectivity index (χ2v) is 9.85. The Hall–Kier alpha value is -2.38. The Labute approximate surface area is 183 Å². The predicted molar refractivity (Wildman–Crippen MR) is 115 cm³/mol. The van der Waals surface area contributed by atoms with Crippen LogP contribution in [0, 0.1) is 0 Å². The number of halogens is 6. The van der Waals surface area contributed by atoms with Gasteiger partial charge in [0.15, 0.2) is 5.78 Å². The molecule has 178 valence electrons. The first-order valence-corrected chi connectivity index (χ1v) is 12.0. The zero-order valence-corrected chi connectivity index (χ0v) is 18.5. The molecule has 3 nitrogen and oxygen atoms in total. The summed E-state index contributed by atoms with van der Waals surface area (Å²) in [4.78, 5) is 12.2. The number of ether oxygens (including phenoxy) is 1. The zero-order chi connectivity index (χ0) is 23.9. The first-order valence-electron chi connectivity index (χ1n) is 10.00. The molecule has 10 heteroatoms. The number of ketones is 1. The van der Waals surface area contributed by atoms with E-state index in [2.05, 4.69) is 7.05 Å². The molecule has 1 aliphatic heterocycles. The zero-order valence-electron chi connectivity index (χ0n) is 17.6. The van der Waals surface area contributed by atoms with Crippen LogP contribution in [0.4, 0.5) is 25.2 Å². The van der Waals surface area contributed by atoms with Crippen LogP contribution in [0.3, 0.4) is 0 Å². The van der Waals surface area contributed by atoms with Crippen molar-refractivity contribution in [1.29, 1.82) is 0 Å². The third-order valence-electron chi connectivity index (χ3n) is 4.91. The van der Waals surface area contributed by atoms with Gasteiger partial charge in [-0.3, -0.25) is 4.79 Å². The number of likely N-dealkylation sites (tertiary alicyclic amines) is 1. The van der Waals surface area contributed by atoms with E-state index >= 15 is 0 Å². The molecule has 0 aromatic heterocycles. The summed E-state index contributed by atoms with van der Waals surface area (Å²) in [6.45, 7) is 4.27. The van der Waals surface area contributed by atoms with Gasteiger partial charge in [0, 0.05) is 18.4 Å². The van der Waals surface area contributed by atoms with E-state index in [1.54, 1.807) is 6.08 Å². The Morgan fingerprint density at radius 3 is 2.00 bits per heavy atom. The molecule has 1 fully saturated rings. The van der Waals surface area contributed by atoms with Crippen LogP contribution in [-0.2, 0) is 0 Å². The number of allylic oxidation sites excluding steroid dienone is 1. The molecule has 1 aliphatic rings. The quantitative estimate of drug-likeness (QED) is 0.134. The van der Waals surface area contributed by atoms with E-state index < -0.39 is 7.81 Å². The monoisotopic (exact) mass is 481 g/mol. The standard InChI is InChI=1S/C22H26NO2.F6P/c1-23(15-5-6-16-23)17-18-25-21-12-10-20(11-13-21)22(24)14-9-19-7-3-2-4-8-19;1-7(2,3,4,5)6/h2-4,7-14H,5-6,15-18H2,1H3;/q+1;-1/b14-9+;. The molecule has 0 spiro atoms. The molecule has 0 aliphatic carbocycles. The van der Waals surface area contributed by atoms with E-state index in [1.807, 2.05) is 60.7 Å². The molecule has 0 atom stereocenters. The molecule has 3 rings (SSSR count). The van der Waals surface area contributed by atoms with Gasteiger partial charge in [-0.1, -0.05) is 36.4 Å². The van der Waals surface area contributed by atoms with Crippen molar-refractivity contribution >= 4 is 19.7 Å². The predicted octanol–water partition coefficient (Wildman–Crippen LogP) is 7.58. The Kier molecular flexibility index (Phi) is 7.47. The van der Waals surface area contributed by atoms with Crippen molar-refractivity contribution in [3.05, 3.63) is 71.8 Å². The number of quaternary nitrogens is 1. The van der Waals surface area contributed by atoms with Crippen LogP contribution in [0.5, 0.6) is 5.75 Å². The van der Waals surface area contributed by atoms with Crippen molar-refractivity contribution in [2.75, 3.05) is 33.3 Å². The van der Waals surface area contributed by atoms with Gasteiger partial charge in [0.25, 0.3) is 0 Å². The number of likely N-dealkylation sites (N-methyl/N-ethyl adjacent to an activating group) is 1. The maximum absolute atomic E-state index is 12.2. The fraction of sp³-hybridized carbons (Fsp3) is 0.318. The van der Waals surface area contributed by atoms with Gasteiger partial charge in [0.05, 0.1) is 20.1 Å². The second-order valence-electron chi connectivity index (χ2n) is 7.94. The summed E-state index contributed by atoms with van der Waals surface area (Å²) < 4.78 is 66.2. The normalized spacial score (nSPS) is 17.7. The first kappa shape index (κ1) is 25.9. The Morgan fingerprint density at radius 2 is 1.47 bits per heavy atom. The third-order valence-corrected chi connectivity index (χ3v) is 4.91. The molecule has 2 aromatic carbocycles. The summed E-state index contributed by atoms with van der Waals surface area (Å²) in [6, 6.07) is 17.3. The van der Waals surface area contributed by atoms with Crippen LogP contribution in [0.1, 0.15) is 28.8 Å². The van der Waals surface area contributed by atoms with Crippen molar-refractivity contribution in [2.24, 2.45) is 0 Å². The van der Waals surface area contributed by atoms with Crippen LogP contribution in [0.2, 0.25) is 0 Å². The van der Waals surface area contributed by atoms with Gasteiger partial charge in [-0.15, -0.1) is 0 Å². The number of hydrogen-bond donors (Lipinski definition) is 0. The molecule has 32 heavy (non-hydrogen) atoms. The summed E-state index contributed by atoms with van der Waals surface area (Å²) >= 11 is 0. The van der Waals surface area contributed by atoms with Gasteiger partial charge in [0.2, 0.25) is 0 Å². The SMILES string of the molecule is C[N+]1(CCOc2ccc(C(=O)/C=C/c3ccccc3)cc2)CCCC1.F[P-](F)(F)(F)(F)F. The van der Waals surface area contributed by atoms with E-state index in [1.165, 1.54) is 25.9 Å².